The molecule has 0 aliphatic carbocycles. The summed E-state index contributed by atoms with van der Waals surface area (Å²) in [7, 11) is -4.32. The molecule has 17 heteroatoms. The third-order valence-corrected chi connectivity index (χ3v) is 13.6. The van der Waals surface area contributed by atoms with Gasteiger partial charge in [0.2, 0.25) is 0 Å². The fourth-order valence-corrected chi connectivity index (χ4v) is 9.85. The van der Waals surface area contributed by atoms with Crippen LogP contribution in [0, 0.1) is 10.1 Å². The van der Waals surface area contributed by atoms with Crippen molar-refractivity contribution < 1.29 is 22.9 Å². The number of amides is 1. The summed E-state index contributed by atoms with van der Waals surface area (Å²) in [5.41, 5.74) is 4.21. The van der Waals surface area contributed by atoms with Gasteiger partial charge in [-0.05, 0) is 111 Å². The second-order valence-electron chi connectivity index (χ2n) is 16.8. The van der Waals surface area contributed by atoms with Gasteiger partial charge in [0, 0.05) is 78.1 Å². The molecular formula is C48H53ClN8O6S2. The molecule has 340 valence electrons. The Balaban J connectivity index is 1.00. The quantitative estimate of drug-likeness (QED) is 0.0323. The zero-order chi connectivity index (χ0) is 46.0. The van der Waals surface area contributed by atoms with Crippen LogP contribution in [0.25, 0.3) is 22.0 Å². The van der Waals surface area contributed by atoms with Crippen molar-refractivity contribution in [3.63, 3.8) is 0 Å². The molecular weight excluding hydrogens is 884 g/mol. The lowest BCUT2D eigenvalue weighted by atomic mass is 9.99. The maximum atomic E-state index is 13.9. The summed E-state index contributed by atoms with van der Waals surface area (Å²) in [4.78, 5) is 38.2. The number of alkyl carbamates (subject to hydrolysis) is 1. The third kappa shape index (κ3) is 13.1. The molecule has 0 bridgehead atoms. The maximum Gasteiger partial charge on any atom is 0.407 e. The van der Waals surface area contributed by atoms with Crippen molar-refractivity contribution in [2.24, 2.45) is 0 Å². The normalized spacial score (nSPS) is 13.9. The molecule has 2 heterocycles. The second-order valence-corrected chi connectivity index (χ2v) is 20.0. The summed E-state index contributed by atoms with van der Waals surface area (Å²) in [6, 6.07) is 35.4. The minimum Gasteiger partial charge on any atom is -0.444 e. The van der Waals surface area contributed by atoms with Crippen LogP contribution in [0.3, 0.4) is 0 Å². The highest BCUT2D eigenvalue weighted by Crippen LogP contribution is 2.33. The van der Waals surface area contributed by atoms with E-state index in [1.807, 2.05) is 72.8 Å². The molecule has 0 radical (unpaired) electrons. The fraction of sp³-hybridized carbons (Fsp3) is 0.312. The van der Waals surface area contributed by atoms with Crippen molar-refractivity contribution in [2.75, 3.05) is 53.4 Å². The van der Waals surface area contributed by atoms with E-state index in [1.54, 1.807) is 38.6 Å². The minimum atomic E-state index is -4.32. The molecule has 1 atom stereocenters. The van der Waals surface area contributed by atoms with Crippen LogP contribution in [0.5, 0.6) is 0 Å². The highest BCUT2D eigenvalue weighted by Gasteiger charge is 2.26. The predicted octanol–water partition coefficient (Wildman–Crippen LogP) is 10.2. The molecule has 7 rings (SSSR count). The first kappa shape index (κ1) is 47.0. The largest absolute Gasteiger partial charge is 0.444 e. The first-order chi connectivity index (χ1) is 31.2. The minimum absolute atomic E-state index is 0.0612. The van der Waals surface area contributed by atoms with E-state index < -0.39 is 26.6 Å². The number of hydrogen-bond donors (Lipinski definition) is 3. The fourth-order valence-electron chi connectivity index (χ4n) is 7.61. The van der Waals surface area contributed by atoms with Crippen molar-refractivity contribution >= 4 is 73.3 Å². The van der Waals surface area contributed by atoms with Crippen LogP contribution in [-0.2, 0) is 21.3 Å². The number of carbonyl (C=O) groups is 1. The Morgan fingerprint density at radius 3 is 2.37 bits per heavy atom. The smallest absolute Gasteiger partial charge is 0.407 e. The van der Waals surface area contributed by atoms with Crippen LogP contribution >= 0.6 is 23.4 Å². The van der Waals surface area contributed by atoms with Crippen LogP contribution in [0.2, 0.25) is 5.02 Å². The summed E-state index contributed by atoms with van der Waals surface area (Å²) in [6.07, 6.45) is 2.82. The molecule has 0 spiro atoms. The van der Waals surface area contributed by atoms with Crippen LogP contribution in [0.4, 0.5) is 27.7 Å². The van der Waals surface area contributed by atoms with E-state index in [9.17, 15) is 23.3 Å². The number of nitro groups is 1. The number of nitro benzene ring substituents is 1. The number of unbranched alkanes of at least 4 members (excludes halogenated alkanes) is 1. The number of nitrogens with one attached hydrogen (secondary N) is 3. The average Bonchev–Trinajstić information content (AvgIpc) is 3.28. The van der Waals surface area contributed by atoms with Gasteiger partial charge in [-0.25, -0.2) is 23.2 Å². The number of halogens is 1. The third-order valence-electron chi connectivity index (χ3n) is 10.8. The first-order valence-electron chi connectivity index (χ1n) is 21.5. The van der Waals surface area contributed by atoms with Crippen molar-refractivity contribution in [2.45, 2.75) is 68.0 Å². The standard InChI is InChI=1S/C48H53ClN8O6S2/c1-48(2,3)63-47(58)50-23-11-10-14-37(32-64-39-15-8-5-9-16-39)53-43-22-19-40(30-45(43)57(59)60)65(61,62)54-46-42-21-18-38(29-44(42)51-33-52-46)56-26-24-55(25-27-56)31-35-28-36(49)17-20-41(35)34-12-6-4-7-13-34/h4-9,12-13,15-22,28-30,33,37,53H,10-11,14,23-27,31-32H2,1-3H3,(H,50,58)(H,51,52,54). The number of hydrogen-bond acceptors (Lipinski definition) is 12. The number of ether oxygens (including phenoxy) is 1. The van der Waals surface area contributed by atoms with Crippen molar-refractivity contribution in [3.05, 3.63) is 142 Å². The number of carbonyl (C=O) groups excluding carboxylic acids is 1. The molecule has 1 saturated heterocycles. The lowest BCUT2D eigenvalue weighted by Gasteiger charge is -2.36. The Morgan fingerprint density at radius 2 is 1.65 bits per heavy atom. The van der Waals surface area contributed by atoms with Crippen LogP contribution in [0.15, 0.2) is 131 Å². The number of anilines is 3. The van der Waals surface area contributed by atoms with Gasteiger partial charge >= 0.3 is 6.09 Å². The number of piperazine rings is 1. The van der Waals surface area contributed by atoms with Crippen LogP contribution in [-0.4, -0.2) is 84.4 Å². The number of thioether (sulfide) groups is 1. The zero-order valence-corrected chi connectivity index (χ0v) is 39.0. The van der Waals surface area contributed by atoms with Gasteiger partial charge in [-0.2, -0.15) is 0 Å². The monoisotopic (exact) mass is 936 g/mol. The van der Waals surface area contributed by atoms with Gasteiger partial charge in [-0.15, -0.1) is 11.8 Å². The van der Waals surface area contributed by atoms with Gasteiger partial charge in [0.05, 0.1) is 15.3 Å². The lowest BCUT2D eigenvalue weighted by Crippen LogP contribution is -2.46. The Labute approximate surface area is 389 Å². The summed E-state index contributed by atoms with van der Waals surface area (Å²) < 4.78 is 35.6. The summed E-state index contributed by atoms with van der Waals surface area (Å²) in [6.45, 7) is 9.80. The van der Waals surface area contributed by atoms with Crippen molar-refractivity contribution in [1.82, 2.24) is 20.2 Å². The average molecular weight is 938 g/mol. The molecule has 1 unspecified atom stereocenters. The molecule has 6 aromatic rings. The van der Waals surface area contributed by atoms with E-state index in [0.717, 1.165) is 54.9 Å². The molecule has 1 fully saturated rings. The predicted molar refractivity (Wildman–Crippen MR) is 260 cm³/mol. The van der Waals surface area contributed by atoms with E-state index in [0.29, 0.717) is 47.5 Å². The molecule has 1 amide bonds. The Kier molecular flexibility index (Phi) is 15.5. The number of fused-ring (bicyclic) bond motifs is 1. The SMILES string of the molecule is CC(C)(C)OC(=O)NCCCCC(CSc1ccccc1)Nc1ccc(S(=O)(=O)Nc2ncnc3cc(N4CCN(Cc5cc(Cl)ccc5-c5ccccc5)CC4)ccc23)cc1[N+](=O)[O-]. The highest BCUT2D eigenvalue weighted by molar-refractivity contribution is 7.99. The molecule has 1 aliphatic heterocycles. The molecule has 1 aromatic heterocycles. The topological polar surface area (TPSA) is 172 Å². The van der Waals surface area contributed by atoms with Gasteiger partial charge in [-0.3, -0.25) is 19.7 Å². The van der Waals surface area contributed by atoms with Gasteiger partial charge < -0.3 is 20.3 Å². The summed E-state index contributed by atoms with van der Waals surface area (Å²) in [5, 5.41) is 19.7. The van der Waals surface area contributed by atoms with E-state index in [4.69, 9.17) is 16.3 Å². The van der Waals surface area contributed by atoms with E-state index in [2.05, 4.69) is 53.3 Å². The maximum absolute atomic E-state index is 13.9. The van der Waals surface area contributed by atoms with E-state index >= 15 is 0 Å². The second kappa shape index (κ2) is 21.4. The number of benzene rings is 5. The van der Waals surface area contributed by atoms with Crippen molar-refractivity contribution in [3.8, 4) is 11.1 Å². The van der Waals surface area contributed by atoms with Gasteiger partial charge in [0.1, 0.15) is 17.6 Å². The van der Waals surface area contributed by atoms with E-state index in [-0.39, 0.29) is 28.1 Å². The molecule has 14 nitrogen and oxygen atoms in total. The Hall–Kier alpha value is -5.94. The summed E-state index contributed by atoms with van der Waals surface area (Å²) >= 11 is 8.04. The Bertz CT molecular complexity index is 2700. The number of rotatable bonds is 18. The zero-order valence-electron chi connectivity index (χ0n) is 36.6. The molecule has 1 aliphatic rings. The van der Waals surface area contributed by atoms with E-state index in [1.165, 1.54) is 29.6 Å². The highest BCUT2D eigenvalue weighted by atomic mass is 35.5. The number of aromatic nitrogens is 2. The molecule has 65 heavy (non-hydrogen) atoms. The van der Waals surface area contributed by atoms with Gasteiger partial charge in [-0.1, -0.05) is 66.2 Å². The summed E-state index contributed by atoms with van der Waals surface area (Å²) in [5.74, 6) is 0.645. The molecule has 0 saturated carbocycles. The number of nitrogens with zero attached hydrogens (tertiary/aromatic N) is 5. The van der Waals surface area contributed by atoms with Gasteiger partial charge in [0.15, 0.2) is 5.82 Å². The van der Waals surface area contributed by atoms with Crippen molar-refractivity contribution in [1.29, 1.82) is 0 Å². The van der Waals surface area contributed by atoms with Crippen LogP contribution in [0.1, 0.15) is 45.6 Å². The molecule has 5 aromatic carbocycles. The lowest BCUT2D eigenvalue weighted by molar-refractivity contribution is -0.384. The number of sulfonamides is 1. The van der Waals surface area contributed by atoms with Gasteiger partial charge in [0.25, 0.3) is 15.7 Å². The molecule has 3 N–H and O–H groups in total. The van der Waals surface area contributed by atoms with Crippen LogP contribution < -0.4 is 20.3 Å². The Morgan fingerprint density at radius 1 is 0.908 bits per heavy atom. The first-order valence-corrected chi connectivity index (χ1v) is 24.3.